The van der Waals surface area contributed by atoms with Crippen molar-refractivity contribution < 1.29 is 14.6 Å². The topological polar surface area (TPSA) is 94.7 Å². The first-order valence-electron chi connectivity index (χ1n) is 9.06. The molecule has 7 nitrogen and oxygen atoms in total. The second-order valence-electron chi connectivity index (χ2n) is 6.39. The van der Waals surface area contributed by atoms with Gasteiger partial charge in [-0.25, -0.2) is 4.79 Å². The maximum atomic E-state index is 12.7. The number of aromatic nitrogens is 1. The predicted octanol–water partition coefficient (Wildman–Crippen LogP) is 4.75. The van der Waals surface area contributed by atoms with Crippen LogP contribution >= 0.6 is 0 Å². The molecule has 0 unspecified atom stereocenters. The molecule has 0 aliphatic heterocycles. The first-order chi connectivity index (χ1) is 14.6. The predicted molar refractivity (Wildman–Crippen MR) is 112 cm³/mol. The Morgan fingerprint density at radius 1 is 0.867 bits per heavy atom. The second kappa shape index (κ2) is 8.32. The lowest BCUT2D eigenvalue weighted by molar-refractivity contribution is -0.384. The van der Waals surface area contributed by atoms with E-state index in [2.05, 4.69) is 10.1 Å². The number of carbonyl (C=O) groups excluding carboxylic acids is 1. The molecule has 3 aromatic carbocycles. The fourth-order valence-corrected chi connectivity index (χ4v) is 3.06. The van der Waals surface area contributed by atoms with Crippen molar-refractivity contribution in [3.05, 3.63) is 118 Å². The lowest BCUT2D eigenvalue weighted by Gasteiger charge is -2.08. The molecule has 146 valence electrons. The normalized spacial score (nSPS) is 11.3. The van der Waals surface area contributed by atoms with Gasteiger partial charge in [0, 0.05) is 35.7 Å². The lowest BCUT2D eigenvalue weighted by atomic mass is 10.0. The van der Waals surface area contributed by atoms with Gasteiger partial charge in [-0.1, -0.05) is 41.6 Å². The smallest absolute Gasteiger partial charge is 0.312 e. The van der Waals surface area contributed by atoms with Crippen molar-refractivity contribution in [2.75, 3.05) is 0 Å². The maximum absolute atomic E-state index is 12.7. The number of hydrogen-bond donors (Lipinski definition) is 0. The van der Waals surface area contributed by atoms with Crippen LogP contribution in [0.15, 0.2) is 96.4 Å². The number of oxime groups is 1. The van der Waals surface area contributed by atoms with Crippen molar-refractivity contribution in [3.63, 3.8) is 0 Å². The van der Waals surface area contributed by atoms with E-state index in [0.717, 1.165) is 10.8 Å². The van der Waals surface area contributed by atoms with Gasteiger partial charge in [0.2, 0.25) is 0 Å². The Morgan fingerprint density at radius 2 is 1.53 bits per heavy atom. The van der Waals surface area contributed by atoms with E-state index < -0.39 is 10.9 Å². The van der Waals surface area contributed by atoms with E-state index in [0.29, 0.717) is 22.4 Å². The minimum atomic E-state index is -0.597. The number of carbonyl (C=O) groups is 1. The van der Waals surface area contributed by atoms with Crippen LogP contribution in [0.1, 0.15) is 21.5 Å². The van der Waals surface area contributed by atoms with Gasteiger partial charge in [0.25, 0.3) is 5.69 Å². The van der Waals surface area contributed by atoms with E-state index in [9.17, 15) is 14.9 Å². The number of nitrogens with zero attached hydrogens (tertiary/aromatic N) is 3. The molecule has 4 rings (SSSR count). The largest absolute Gasteiger partial charge is 0.366 e. The molecule has 0 aliphatic carbocycles. The average Bonchev–Trinajstić information content (AvgIpc) is 2.79. The molecule has 0 atom stereocenters. The molecule has 1 heterocycles. The number of hydrogen-bond acceptors (Lipinski definition) is 6. The molecular weight excluding hydrogens is 382 g/mol. The van der Waals surface area contributed by atoms with Gasteiger partial charge < -0.3 is 4.84 Å². The van der Waals surface area contributed by atoms with E-state index >= 15 is 0 Å². The summed E-state index contributed by atoms with van der Waals surface area (Å²) in [5.41, 5.74) is 1.94. The van der Waals surface area contributed by atoms with Crippen LogP contribution in [0.25, 0.3) is 10.8 Å². The molecule has 1 aromatic heterocycles. The molecule has 0 N–H and O–H groups in total. The van der Waals surface area contributed by atoms with Crippen molar-refractivity contribution in [1.29, 1.82) is 0 Å². The van der Waals surface area contributed by atoms with Gasteiger partial charge in [-0.05, 0) is 41.1 Å². The summed E-state index contributed by atoms with van der Waals surface area (Å²) in [6.07, 6.45) is 3.17. The molecule has 0 spiro atoms. The van der Waals surface area contributed by atoms with Crippen LogP contribution in [0.2, 0.25) is 0 Å². The summed E-state index contributed by atoms with van der Waals surface area (Å²) in [5, 5.41) is 16.7. The maximum Gasteiger partial charge on any atom is 0.366 e. The second-order valence-corrected chi connectivity index (χ2v) is 6.39. The Hall–Kier alpha value is -4.39. The highest BCUT2D eigenvalue weighted by molar-refractivity contribution is 6.13. The highest BCUT2D eigenvalue weighted by Gasteiger charge is 2.15. The van der Waals surface area contributed by atoms with Crippen molar-refractivity contribution in [1.82, 2.24) is 4.98 Å². The van der Waals surface area contributed by atoms with Crippen LogP contribution in [-0.2, 0) is 4.84 Å². The van der Waals surface area contributed by atoms with Crippen molar-refractivity contribution >= 4 is 28.1 Å². The Labute approximate surface area is 171 Å². The summed E-state index contributed by atoms with van der Waals surface area (Å²) >= 11 is 0. The number of nitro groups is 1. The SMILES string of the molecule is O=C(O/N=C(/c1ccncc1)c1ccc([N+](=O)[O-])cc1)c1cccc2ccccc12. The van der Waals surface area contributed by atoms with E-state index in [-0.39, 0.29) is 5.69 Å². The molecule has 4 aromatic rings. The third-order valence-corrected chi connectivity index (χ3v) is 4.53. The minimum Gasteiger partial charge on any atom is -0.312 e. The number of non-ortho nitro benzene ring substituents is 1. The zero-order valence-corrected chi connectivity index (χ0v) is 15.6. The summed E-state index contributed by atoms with van der Waals surface area (Å²) < 4.78 is 0. The first-order valence-corrected chi connectivity index (χ1v) is 9.06. The van der Waals surface area contributed by atoms with E-state index in [4.69, 9.17) is 4.84 Å². The van der Waals surface area contributed by atoms with Crippen LogP contribution in [0, 0.1) is 10.1 Å². The third kappa shape index (κ3) is 3.90. The highest BCUT2D eigenvalue weighted by atomic mass is 16.7. The molecule has 0 saturated heterocycles. The minimum absolute atomic E-state index is 0.0411. The number of nitro benzene ring substituents is 1. The first kappa shape index (κ1) is 18.9. The van der Waals surface area contributed by atoms with Gasteiger partial charge in [-0.2, -0.15) is 0 Å². The van der Waals surface area contributed by atoms with Crippen molar-refractivity contribution in [2.24, 2.45) is 5.16 Å². The Morgan fingerprint density at radius 3 is 2.27 bits per heavy atom. The number of rotatable bonds is 5. The van der Waals surface area contributed by atoms with Gasteiger partial charge in [0.05, 0.1) is 10.5 Å². The Balaban J connectivity index is 1.70. The van der Waals surface area contributed by atoms with Gasteiger partial charge in [0.1, 0.15) is 5.71 Å². The summed E-state index contributed by atoms with van der Waals surface area (Å²) in [4.78, 5) is 32.5. The van der Waals surface area contributed by atoms with Crippen molar-refractivity contribution in [3.8, 4) is 0 Å². The summed E-state index contributed by atoms with van der Waals surface area (Å²) in [7, 11) is 0. The van der Waals surface area contributed by atoms with Gasteiger partial charge in [0.15, 0.2) is 0 Å². The van der Waals surface area contributed by atoms with E-state index in [1.807, 2.05) is 30.3 Å². The van der Waals surface area contributed by atoms with Gasteiger partial charge in [-0.15, -0.1) is 0 Å². The lowest BCUT2D eigenvalue weighted by Crippen LogP contribution is -2.08. The quantitative estimate of drug-likeness (QED) is 0.210. The zero-order chi connectivity index (χ0) is 20.9. The molecule has 30 heavy (non-hydrogen) atoms. The number of fused-ring (bicyclic) bond motifs is 1. The molecule has 7 heteroatoms. The number of benzene rings is 3. The Bertz CT molecular complexity index is 1250. The average molecular weight is 397 g/mol. The van der Waals surface area contributed by atoms with Gasteiger partial charge in [-0.3, -0.25) is 15.1 Å². The van der Waals surface area contributed by atoms with Crippen LogP contribution in [0.4, 0.5) is 5.69 Å². The van der Waals surface area contributed by atoms with Crippen LogP contribution in [-0.4, -0.2) is 21.6 Å². The van der Waals surface area contributed by atoms with Crippen LogP contribution in [0.5, 0.6) is 0 Å². The molecular formula is C23H15N3O4. The highest BCUT2D eigenvalue weighted by Crippen LogP contribution is 2.20. The molecule has 0 bridgehead atoms. The summed E-state index contributed by atoms with van der Waals surface area (Å²) in [5.74, 6) is -0.597. The van der Waals surface area contributed by atoms with Gasteiger partial charge >= 0.3 is 5.97 Å². The summed E-state index contributed by atoms with van der Waals surface area (Å²) in [6, 6.07) is 22.2. The third-order valence-electron chi connectivity index (χ3n) is 4.53. The molecule has 0 aliphatic rings. The van der Waals surface area contributed by atoms with E-state index in [1.165, 1.54) is 12.1 Å². The van der Waals surface area contributed by atoms with E-state index in [1.54, 1.807) is 48.8 Å². The standard InChI is InChI=1S/C23H15N3O4/c27-23(21-7-3-5-16-4-1-2-6-20(16)21)30-25-22(18-12-14-24-15-13-18)17-8-10-19(11-9-17)26(28)29/h1-15H/b25-22+. The molecule has 0 fully saturated rings. The van der Waals surface area contributed by atoms with Crippen molar-refractivity contribution in [2.45, 2.75) is 0 Å². The summed E-state index contributed by atoms with van der Waals surface area (Å²) in [6.45, 7) is 0. The van der Waals surface area contributed by atoms with Crippen LogP contribution in [0.3, 0.4) is 0 Å². The molecule has 0 saturated carbocycles. The molecule has 0 amide bonds. The fourth-order valence-electron chi connectivity index (χ4n) is 3.06. The number of pyridine rings is 1. The zero-order valence-electron chi connectivity index (χ0n) is 15.6. The molecule has 0 radical (unpaired) electrons. The Kier molecular flexibility index (Phi) is 5.25. The fraction of sp³-hybridized carbons (Fsp3) is 0. The monoisotopic (exact) mass is 397 g/mol. The van der Waals surface area contributed by atoms with Crippen LogP contribution < -0.4 is 0 Å².